The first kappa shape index (κ1) is 18.7. The molecule has 0 spiro atoms. The van der Waals surface area contributed by atoms with E-state index < -0.39 is 17.4 Å². The van der Waals surface area contributed by atoms with Crippen LogP contribution in [0.4, 0.5) is 13.9 Å². The maximum atomic E-state index is 13.9. The largest absolute Gasteiger partial charge is 0.420 e. The zero-order chi connectivity index (χ0) is 20.8. The van der Waals surface area contributed by atoms with E-state index in [2.05, 4.69) is 4.98 Å². The first-order valence-electron chi connectivity index (χ1n) is 9.36. The van der Waals surface area contributed by atoms with Gasteiger partial charge in [0.1, 0.15) is 17.9 Å². The Morgan fingerprint density at radius 1 is 1.13 bits per heavy atom. The summed E-state index contributed by atoms with van der Waals surface area (Å²) >= 11 is 1.22. The number of anilines is 1. The van der Waals surface area contributed by atoms with Crippen LogP contribution >= 0.6 is 11.3 Å². The molecule has 1 amide bonds. The van der Waals surface area contributed by atoms with Gasteiger partial charge in [-0.05, 0) is 18.2 Å². The van der Waals surface area contributed by atoms with Crippen LogP contribution in [0.5, 0.6) is 0 Å². The summed E-state index contributed by atoms with van der Waals surface area (Å²) < 4.78 is 34.3. The van der Waals surface area contributed by atoms with Crippen molar-refractivity contribution < 1.29 is 18.0 Å². The lowest BCUT2D eigenvalue weighted by atomic mass is 10.3. The molecule has 3 heterocycles. The molecule has 154 valence electrons. The Morgan fingerprint density at radius 2 is 1.90 bits per heavy atom. The predicted molar refractivity (Wildman–Crippen MR) is 109 cm³/mol. The molecule has 0 radical (unpaired) electrons. The van der Waals surface area contributed by atoms with Crippen molar-refractivity contribution in [3.05, 3.63) is 58.6 Å². The minimum Gasteiger partial charge on any atom is -0.408 e. The van der Waals surface area contributed by atoms with Crippen molar-refractivity contribution in [3.63, 3.8) is 0 Å². The van der Waals surface area contributed by atoms with E-state index in [-0.39, 0.29) is 18.0 Å². The summed E-state index contributed by atoms with van der Waals surface area (Å²) in [6.45, 7) is 1.81. The van der Waals surface area contributed by atoms with Gasteiger partial charge in [0.15, 0.2) is 16.5 Å². The van der Waals surface area contributed by atoms with E-state index >= 15 is 0 Å². The van der Waals surface area contributed by atoms with Gasteiger partial charge in [0.25, 0.3) is 0 Å². The first-order chi connectivity index (χ1) is 14.5. The van der Waals surface area contributed by atoms with Crippen molar-refractivity contribution in [3.8, 4) is 0 Å². The molecule has 0 saturated carbocycles. The Morgan fingerprint density at radius 3 is 2.70 bits per heavy atom. The number of piperazine rings is 1. The molecule has 1 aliphatic heterocycles. The fourth-order valence-corrected chi connectivity index (χ4v) is 4.68. The molecule has 2 aromatic carbocycles. The Balaban J connectivity index is 1.29. The highest BCUT2D eigenvalue weighted by Crippen LogP contribution is 2.31. The van der Waals surface area contributed by atoms with Crippen molar-refractivity contribution in [1.82, 2.24) is 14.5 Å². The fraction of sp³-hybridized carbons (Fsp3) is 0.250. The third-order valence-electron chi connectivity index (χ3n) is 5.17. The second-order valence-corrected chi connectivity index (χ2v) is 8.03. The Bertz CT molecular complexity index is 1320. The lowest BCUT2D eigenvalue weighted by Gasteiger charge is -2.34. The van der Waals surface area contributed by atoms with Gasteiger partial charge in [0.05, 0.1) is 10.2 Å². The molecule has 0 N–H and O–H groups in total. The number of hydrogen-bond donors (Lipinski definition) is 0. The van der Waals surface area contributed by atoms with Gasteiger partial charge in [0, 0.05) is 32.2 Å². The molecule has 1 fully saturated rings. The smallest absolute Gasteiger partial charge is 0.408 e. The summed E-state index contributed by atoms with van der Waals surface area (Å²) in [5, 5.41) is 0.596. The number of rotatable bonds is 3. The minimum atomic E-state index is -0.681. The standard InChI is InChI=1S/C20H16F2N4O3S/c21-12-9-13(22)18-16(10-12)30-19(23-18)25-7-5-24(6-8-25)17(27)11-26-14-3-1-2-4-15(14)29-20(26)28/h1-4,9-10H,5-8,11H2. The van der Waals surface area contributed by atoms with Crippen LogP contribution in [0.3, 0.4) is 0 Å². The summed E-state index contributed by atoms with van der Waals surface area (Å²) in [6.07, 6.45) is 0. The quantitative estimate of drug-likeness (QED) is 0.500. The number of amides is 1. The first-order valence-corrected chi connectivity index (χ1v) is 10.2. The van der Waals surface area contributed by atoms with Gasteiger partial charge in [-0.1, -0.05) is 23.5 Å². The van der Waals surface area contributed by atoms with Crippen molar-refractivity contribution >= 4 is 43.7 Å². The summed E-state index contributed by atoms with van der Waals surface area (Å²) in [7, 11) is 0. The van der Waals surface area contributed by atoms with Gasteiger partial charge in [0.2, 0.25) is 5.91 Å². The molecular weight excluding hydrogens is 414 g/mol. The molecule has 4 aromatic rings. The van der Waals surface area contributed by atoms with Crippen LogP contribution in [0, 0.1) is 11.6 Å². The Kier molecular flexibility index (Phi) is 4.50. The lowest BCUT2D eigenvalue weighted by molar-refractivity contribution is -0.132. The molecule has 5 rings (SSSR count). The van der Waals surface area contributed by atoms with Crippen LogP contribution in [-0.4, -0.2) is 46.5 Å². The third kappa shape index (κ3) is 3.22. The molecular formula is C20H16F2N4O3S. The SMILES string of the molecule is O=C(Cn1c(=O)oc2ccccc21)N1CCN(c2nc3c(F)cc(F)cc3s2)CC1. The third-order valence-corrected chi connectivity index (χ3v) is 6.24. The van der Waals surface area contributed by atoms with E-state index in [4.69, 9.17) is 4.42 Å². The van der Waals surface area contributed by atoms with E-state index in [1.807, 2.05) is 4.90 Å². The number of fused-ring (bicyclic) bond motifs is 2. The van der Waals surface area contributed by atoms with E-state index in [1.165, 1.54) is 22.0 Å². The maximum Gasteiger partial charge on any atom is 0.420 e. The Labute approximate surface area is 172 Å². The van der Waals surface area contributed by atoms with Gasteiger partial charge < -0.3 is 14.2 Å². The molecule has 10 heteroatoms. The van der Waals surface area contributed by atoms with Gasteiger partial charge in [-0.3, -0.25) is 9.36 Å². The zero-order valence-corrected chi connectivity index (χ0v) is 16.5. The van der Waals surface area contributed by atoms with E-state index in [0.29, 0.717) is 47.1 Å². The van der Waals surface area contributed by atoms with E-state index in [9.17, 15) is 18.4 Å². The number of thiazole rings is 1. The van der Waals surface area contributed by atoms with Crippen LogP contribution in [0.25, 0.3) is 21.3 Å². The number of oxazole rings is 1. The number of para-hydroxylation sites is 2. The predicted octanol–water partition coefficient (Wildman–Crippen LogP) is 2.83. The molecule has 0 bridgehead atoms. The van der Waals surface area contributed by atoms with Gasteiger partial charge in [-0.15, -0.1) is 0 Å². The highest BCUT2D eigenvalue weighted by molar-refractivity contribution is 7.22. The minimum absolute atomic E-state index is 0.0958. The van der Waals surface area contributed by atoms with Crippen LogP contribution in [-0.2, 0) is 11.3 Å². The number of hydrogen-bond acceptors (Lipinski definition) is 6. The molecule has 7 nitrogen and oxygen atoms in total. The monoisotopic (exact) mass is 430 g/mol. The molecule has 0 atom stereocenters. The number of halogens is 2. The van der Waals surface area contributed by atoms with Crippen LogP contribution in [0.15, 0.2) is 45.6 Å². The number of benzene rings is 2. The van der Waals surface area contributed by atoms with E-state index in [0.717, 1.165) is 6.07 Å². The highest BCUT2D eigenvalue weighted by Gasteiger charge is 2.25. The number of nitrogens with zero attached hydrogens (tertiary/aromatic N) is 4. The van der Waals surface area contributed by atoms with Crippen molar-refractivity contribution in [2.45, 2.75) is 6.54 Å². The molecule has 0 aliphatic carbocycles. The lowest BCUT2D eigenvalue weighted by Crippen LogP contribution is -2.50. The summed E-state index contributed by atoms with van der Waals surface area (Å²) in [6, 6.07) is 9.06. The van der Waals surface area contributed by atoms with Crippen molar-refractivity contribution in [1.29, 1.82) is 0 Å². The molecule has 30 heavy (non-hydrogen) atoms. The topological polar surface area (TPSA) is 71.6 Å². The molecule has 0 unspecified atom stereocenters. The Hall–Kier alpha value is -3.27. The highest BCUT2D eigenvalue weighted by atomic mass is 32.1. The zero-order valence-electron chi connectivity index (χ0n) is 15.7. The number of carbonyl (C=O) groups is 1. The second-order valence-electron chi connectivity index (χ2n) is 7.02. The summed E-state index contributed by atoms with van der Waals surface area (Å²) in [5.41, 5.74) is 1.18. The average Bonchev–Trinajstić information content (AvgIpc) is 3.29. The van der Waals surface area contributed by atoms with Crippen LogP contribution in [0.1, 0.15) is 0 Å². The van der Waals surface area contributed by atoms with Gasteiger partial charge in [-0.2, -0.15) is 0 Å². The summed E-state index contributed by atoms with van der Waals surface area (Å²) in [4.78, 5) is 32.7. The summed E-state index contributed by atoms with van der Waals surface area (Å²) in [5.74, 6) is -2.06. The fourth-order valence-electron chi connectivity index (χ4n) is 3.63. The second kappa shape index (κ2) is 7.21. The average molecular weight is 430 g/mol. The molecule has 1 aliphatic rings. The number of aromatic nitrogens is 2. The van der Waals surface area contributed by atoms with Crippen LogP contribution in [0.2, 0.25) is 0 Å². The van der Waals surface area contributed by atoms with Gasteiger partial charge >= 0.3 is 5.76 Å². The number of carbonyl (C=O) groups excluding carboxylic acids is 1. The van der Waals surface area contributed by atoms with Crippen LogP contribution < -0.4 is 10.7 Å². The molecule has 2 aromatic heterocycles. The maximum absolute atomic E-state index is 13.9. The van der Waals surface area contributed by atoms with Gasteiger partial charge in [-0.25, -0.2) is 18.6 Å². The normalized spacial score (nSPS) is 14.7. The molecule has 1 saturated heterocycles. The van der Waals surface area contributed by atoms with Crippen molar-refractivity contribution in [2.75, 3.05) is 31.1 Å². The van der Waals surface area contributed by atoms with Crippen molar-refractivity contribution in [2.24, 2.45) is 0 Å². The van der Waals surface area contributed by atoms with E-state index in [1.54, 1.807) is 29.2 Å².